The van der Waals surface area contributed by atoms with Crippen LogP contribution in [0.5, 0.6) is 0 Å². The van der Waals surface area contributed by atoms with Gasteiger partial charge >= 0.3 is 7.94 Å². The fourth-order valence-corrected chi connectivity index (χ4v) is 23.0. The van der Waals surface area contributed by atoms with E-state index < -0.39 is 21.1 Å². The number of nitrogens with one attached hydrogen (secondary N) is 2. The van der Waals surface area contributed by atoms with Gasteiger partial charge in [-0.3, -0.25) is 5.09 Å². The lowest BCUT2D eigenvalue weighted by Gasteiger charge is -2.48. The third-order valence-electron chi connectivity index (χ3n) is 4.47. The Morgan fingerprint density at radius 2 is 1.53 bits per heavy atom. The average molecular weight is 499 g/mol. The van der Waals surface area contributed by atoms with E-state index in [9.17, 15) is 0 Å². The molecule has 2 aromatic carbocycles. The van der Waals surface area contributed by atoms with Crippen molar-refractivity contribution in [2.75, 3.05) is 26.3 Å². The van der Waals surface area contributed by atoms with Gasteiger partial charge in [-0.05, 0) is 37.1 Å². The van der Waals surface area contributed by atoms with Gasteiger partial charge in [-0.15, -0.1) is 5.09 Å². The van der Waals surface area contributed by atoms with Gasteiger partial charge in [0, 0.05) is 22.9 Å². The van der Waals surface area contributed by atoms with Crippen molar-refractivity contribution >= 4 is 43.9 Å². The predicted molar refractivity (Wildman–Crippen MR) is 131 cm³/mol. The number of hydrogen-bond acceptors (Lipinski definition) is 8. The first-order valence-corrected chi connectivity index (χ1v) is 17.7. The smallest absolute Gasteiger partial charge is 0.461 e. The first kappa shape index (κ1) is 21.7. The molecule has 3 aliphatic heterocycles. The minimum atomic E-state index is -2.54. The lowest BCUT2D eigenvalue weighted by Crippen LogP contribution is -2.27. The van der Waals surface area contributed by atoms with E-state index in [-0.39, 0.29) is 0 Å². The fourth-order valence-electron chi connectivity index (χ4n) is 3.15. The van der Waals surface area contributed by atoms with Crippen molar-refractivity contribution in [2.24, 2.45) is 9.03 Å². The molecule has 2 N–H and O–H groups in total. The SMILES string of the molecule is c1ccc(SP2(Sc3ccccc3)=N[P+]3(N=[P@@]4([N-]2)NCCCO4)NCCCO3)cc1. The molecule has 0 bridgehead atoms. The maximum Gasteiger partial charge on any atom is 0.461 e. The molecule has 3 aliphatic rings. The molecule has 2 fully saturated rings. The van der Waals surface area contributed by atoms with E-state index in [0.29, 0.717) is 13.2 Å². The summed E-state index contributed by atoms with van der Waals surface area (Å²) in [7, 11) is -5.08. The zero-order chi connectivity index (χ0) is 20.3. The van der Waals surface area contributed by atoms with Crippen molar-refractivity contribution in [2.45, 2.75) is 22.6 Å². The van der Waals surface area contributed by atoms with Crippen LogP contribution in [0.15, 0.2) is 79.5 Å². The Labute approximate surface area is 186 Å². The van der Waals surface area contributed by atoms with Crippen LogP contribution < -0.4 is 10.2 Å². The highest BCUT2D eigenvalue weighted by molar-refractivity contribution is 8.93. The Hall–Kier alpha value is -0.170. The monoisotopic (exact) mass is 499 g/mol. The van der Waals surface area contributed by atoms with Crippen LogP contribution in [0.2, 0.25) is 0 Å². The topological polar surface area (TPSA) is 81.3 Å². The van der Waals surface area contributed by atoms with E-state index in [4.69, 9.17) is 22.9 Å². The molecule has 3 heterocycles. The lowest BCUT2D eigenvalue weighted by atomic mass is 10.4. The van der Waals surface area contributed by atoms with Gasteiger partial charge < -0.3 is 9.38 Å². The highest BCUT2D eigenvalue weighted by atomic mass is 33.1. The van der Waals surface area contributed by atoms with Crippen molar-refractivity contribution < 1.29 is 9.05 Å². The molecule has 0 saturated carbocycles. The highest BCUT2D eigenvalue weighted by Crippen LogP contribution is 2.95. The molecule has 0 aliphatic carbocycles. The summed E-state index contributed by atoms with van der Waals surface area (Å²) in [6, 6.07) is 20.8. The molecule has 2 atom stereocenters. The predicted octanol–water partition coefficient (Wildman–Crippen LogP) is 7.55. The normalized spacial score (nSPS) is 30.5. The van der Waals surface area contributed by atoms with Crippen LogP contribution in [0.1, 0.15) is 12.8 Å². The number of nitrogens with zero attached hydrogens (tertiary/aromatic N) is 3. The van der Waals surface area contributed by atoms with Crippen LogP contribution in [0, 0.1) is 0 Å². The van der Waals surface area contributed by atoms with Crippen molar-refractivity contribution in [1.29, 1.82) is 0 Å². The van der Waals surface area contributed by atoms with E-state index in [1.54, 1.807) is 22.8 Å². The maximum atomic E-state index is 6.28. The van der Waals surface area contributed by atoms with E-state index in [1.807, 2.05) is 12.1 Å². The third-order valence-corrected chi connectivity index (χ3v) is 20.6. The summed E-state index contributed by atoms with van der Waals surface area (Å²) in [4.78, 5) is 7.63. The molecule has 2 spiro atoms. The molecule has 1 unspecified atom stereocenters. The largest absolute Gasteiger partial charge is 0.520 e. The number of rotatable bonds is 4. The van der Waals surface area contributed by atoms with Crippen LogP contribution in [-0.2, 0) is 9.05 Å². The van der Waals surface area contributed by atoms with E-state index >= 15 is 0 Å². The summed E-state index contributed by atoms with van der Waals surface area (Å²) in [6.45, 7) is 3.04. The van der Waals surface area contributed by atoms with Crippen LogP contribution in [0.4, 0.5) is 0 Å². The summed E-state index contributed by atoms with van der Waals surface area (Å²) < 4.78 is 23.0. The van der Waals surface area contributed by atoms with Gasteiger partial charge in [0.25, 0.3) is 0 Å². The molecule has 12 heteroatoms. The number of benzene rings is 2. The molecule has 0 radical (unpaired) electrons. The van der Waals surface area contributed by atoms with E-state index in [0.717, 1.165) is 35.7 Å². The third kappa shape index (κ3) is 4.92. The average Bonchev–Trinajstić information content (AvgIpc) is 2.75. The highest BCUT2D eigenvalue weighted by Gasteiger charge is 2.50. The van der Waals surface area contributed by atoms with Crippen molar-refractivity contribution in [3.8, 4) is 0 Å². The Kier molecular flexibility index (Phi) is 6.76. The molecule has 0 aromatic heterocycles. The second kappa shape index (κ2) is 9.36. The summed E-state index contributed by atoms with van der Waals surface area (Å²) in [5.74, 6) is 0. The zero-order valence-electron chi connectivity index (χ0n) is 16.3. The summed E-state index contributed by atoms with van der Waals surface area (Å²) >= 11 is 3.48. The Morgan fingerprint density at radius 3 is 2.10 bits per heavy atom. The Bertz CT molecular complexity index is 934. The van der Waals surface area contributed by atoms with Gasteiger partial charge in [-0.1, -0.05) is 68.2 Å². The minimum absolute atomic E-state index is 0.666. The molecular weight excluding hydrogens is 475 g/mol. The first-order valence-electron chi connectivity index (χ1n) is 9.89. The zero-order valence-corrected chi connectivity index (χ0v) is 20.6. The van der Waals surface area contributed by atoms with Crippen LogP contribution >= 0.6 is 43.9 Å². The Morgan fingerprint density at radius 1 is 0.867 bits per heavy atom. The first-order chi connectivity index (χ1) is 14.7. The van der Waals surface area contributed by atoms with Crippen molar-refractivity contribution in [3.63, 3.8) is 0 Å². The van der Waals surface area contributed by atoms with Gasteiger partial charge in [0.2, 0.25) is 0 Å². The summed E-state index contributed by atoms with van der Waals surface area (Å²) in [5, 5.41) is 7.07. The van der Waals surface area contributed by atoms with Crippen molar-refractivity contribution in [3.05, 3.63) is 65.5 Å². The standard InChI is InChI=1S/C18H24N5O2P3S2/c1-3-9-17(10-4-1)29-28(30-18-11-5-2-6-12-18)22-26(19-13-7-15-24-26)21-27(23-28)20-14-8-16-25-27/h1-6,9-12,19-20H,7-8,13-16H2/t26-,27?/m1/s1. The van der Waals surface area contributed by atoms with Gasteiger partial charge in [0.15, 0.2) is 0 Å². The Balaban J connectivity index is 1.63. The van der Waals surface area contributed by atoms with Crippen LogP contribution in [-0.4, -0.2) is 26.3 Å². The van der Waals surface area contributed by atoms with Gasteiger partial charge in [0.05, 0.1) is 18.8 Å². The summed E-state index contributed by atoms with van der Waals surface area (Å²) in [5.41, 5.74) is -2.39. The quantitative estimate of drug-likeness (QED) is 0.423. The maximum absolute atomic E-state index is 6.28. The molecule has 5 rings (SSSR count). The van der Waals surface area contributed by atoms with E-state index in [2.05, 4.69) is 58.7 Å². The summed E-state index contributed by atoms with van der Waals surface area (Å²) in [6.07, 6.45) is 1.93. The van der Waals surface area contributed by atoms with Gasteiger partial charge in [-0.25, -0.2) is 0 Å². The van der Waals surface area contributed by atoms with Gasteiger partial charge in [0.1, 0.15) is 7.58 Å². The molecule has 160 valence electrons. The minimum Gasteiger partial charge on any atom is -0.520 e. The number of hydrogen-bond donors (Lipinski definition) is 2. The van der Waals surface area contributed by atoms with Crippen LogP contribution in [0.3, 0.4) is 0 Å². The molecular formula is C18H24N5O2P3S2. The molecule has 2 saturated heterocycles. The molecule has 2 aromatic rings. The molecule has 0 amide bonds. The van der Waals surface area contributed by atoms with Gasteiger partial charge in [-0.2, -0.15) is 4.52 Å². The van der Waals surface area contributed by atoms with E-state index in [1.165, 1.54) is 0 Å². The van der Waals surface area contributed by atoms with Crippen LogP contribution in [0.25, 0.3) is 4.86 Å². The molecule has 30 heavy (non-hydrogen) atoms. The van der Waals surface area contributed by atoms with Crippen molar-refractivity contribution in [1.82, 2.24) is 10.2 Å². The lowest BCUT2D eigenvalue weighted by molar-refractivity contribution is 0.298. The molecule has 7 nitrogen and oxygen atoms in total. The second-order valence-electron chi connectivity index (χ2n) is 6.85. The fraction of sp³-hybridized carbons (Fsp3) is 0.333. The second-order valence-corrected chi connectivity index (χ2v) is 19.5.